The van der Waals surface area contributed by atoms with Crippen LogP contribution in [0.4, 0.5) is 11.4 Å². The Labute approximate surface area is 168 Å². The van der Waals surface area contributed by atoms with Crippen molar-refractivity contribution < 1.29 is 14.3 Å². The third-order valence-electron chi connectivity index (χ3n) is 3.90. The van der Waals surface area contributed by atoms with Gasteiger partial charge in [0, 0.05) is 18.2 Å². The van der Waals surface area contributed by atoms with E-state index in [0.29, 0.717) is 28.6 Å². The highest BCUT2D eigenvalue weighted by atomic mass is 35.5. The normalized spacial score (nSPS) is 10.2. The fraction of sp³-hybridized carbons (Fsp3) is 0.0909. The minimum Gasteiger partial charge on any atom is -0.489 e. The molecule has 0 aliphatic rings. The summed E-state index contributed by atoms with van der Waals surface area (Å²) in [6.45, 7) is 1.83. The summed E-state index contributed by atoms with van der Waals surface area (Å²) in [5, 5.41) is 5.81. The zero-order valence-corrected chi connectivity index (χ0v) is 16.0. The van der Waals surface area contributed by atoms with Gasteiger partial charge in [0.25, 0.3) is 5.91 Å². The minimum absolute atomic E-state index is 0.201. The zero-order chi connectivity index (χ0) is 19.9. The Hall–Kier alpha value is -3.31. The number of benzene rings is 3. The lowest BCUT2D eigenvalue weighted by atomic mass is 10.1. The van der Waals surface area contributed by atoms with E-state index in [0.717, 1.165) is 11.3 Å². The zero-order valence-electron chi connectivity index (χ0n) is 15.2. The Morgan fingerprint density at radius 3 is 2.32 bits per heavy atom. The van der Waals surface area contributed by atoms with Crippen molar-refractivity contribution in [1.29, 1.82) is 0 Å². The van der Waals surface area contributed by atoms with Gasteiger partial charge in [0.2, 0.25) is 5.91 Å². The van der Waals surface area contributed by atoms with Crippen molar-refractivity contribution in [3.05, 3.63) is 88.9 Å². The van der Waals surface area contributed by atoms with Gasteiger partial charge in [0.05, 0.1) is 10.7 Å². The lowest BCUT2D eigenvalue weighted by molar-refractivity contribution is -0.114. The largest absolute Gasteiger partial charge is 0.489 e. The molecule has 3 aromatic carbocycles. The smallest absolute Gasteiger partial charge is 0.255 e. The molecule has 0 saturated heterocycles. The van der Waals surface area contributed by atoms with Crippen molar-refractivity contribution in [2.75, 3.05) is 10.6 Å². The van der Waals surface area contributed by atoms with Crippen molar-refractivity contribution in [3.63, 3.8) is 0 Å². The lowest BCUT2D eigenvalue weighted by Crippen LogP contribution is -2.13. The van der Waals surface area contributed by atoms with Crippen molar-refractivity contribution >= 4 is 34.8 Å². The summed E-state index contributed by atoms with van der Waals surface area (Å²) >= 11 is 6.15. The second-order valence-electron chi connectivity index (χ2n) is 6.13. The van der Waals surface area contributed by atoms with Crippen LogP contribution in [0, 0.1) is 0 Å². The van der Waals surface area contributed by atoms with E-state index in [4.69, 9.17) is 16.3 Å². The van der Waals surface area contributed by atoms with Crippen LogP contribution in [0.5, 0.6) is 5.75 Å². The third kappa shape index (κ3) is 5.34. The highest BCUT2D eigenvalue weighted by Gasteiger charge is 2.10. The number of carbonyl (C=O) groups is 2. The summed E-state index contributed by atoms with van der Waals surface area (Å²) < 4.78 is 5.70. The molecule has 3 rings (SSSR count). The number of amides is 2. The molecule has 5 nitrogen and oxygen atoms in total. The average Bonchev–Trinajstić information content (AvgIpc) is 2.69. The predicted octanol–water partition coefficient (Wildman–Crippen LogP) is 5.13. The van der Waals surface area contributed by atoms with Gasteiger partial charge in [-0.15, -0.1) is 0 Å². The molecule has 0 fully saturated rings. The summed E-state index contributed by atoms with van der Waals surface area (Å²) in [7, 11) is 0. The first-order chi connectivity index (χ1) is 13.5. The number of para-hydroxylation sites is 1. The quantitative estimate of drug-likeness (QED) is 0.609. The molecule has 2 amide bonds. The molecule has 0 saturated carbocycles. The second kappa shape index (κ2) is 9.06. The van der Waals surface area contributed by atoms with Crippen molar-refractivity contribution in [1.82, 2.24) is 0 Å². The van der Waals surface area contributed by atoms with Gasteiger partial charge in [-0.25, -0.2) is 0 Å². The topological polar surface area (TPSA) is 67.4 Å². The molecule has 0 spiro atoms. The van der Waals surface area contributed by atoms with Crippen LogP contribution in [0.15, 0.2) is 72.8 Å². The van der Waals surface area contributed by atoms with Gasteiger partial charge in [0.15, 0.2) is 0 Å². The molecular formula is C22H19ClN2O3. The van der Waals surface area contributed by atoms with Gasteiger partial charge in [0.1, 0.15) is 12.4 Å². The second-order valence-corrected chi connectivity index (χ2v) is 6.54. The molecule has 0 radical (unpaired) electrons. The van der Waals surface area contributed by atoms with E-state index < -0.39 is 0 Å². The molecular weight excluding hydrogens is 376 g/mol. The van der Waals surface area contributed by atoms with Gasteiger partial charge < -0.3 is 15.4 Å². The molecule has 0 aliphatic heterocycles. The minimum atomic E-state index is -0.294. The van der Waals surface area contributed by atoms with Crippen molar-refractivity contribution in [2.45, 2.75) is 13.5 Å². The summed E-state index contributed by atoms with van der Waals surface area (Å²) in [5.74, 6) is 0.295. The molecule has 0 heterocycles. The van der Waals surface area contributed by atoms with Crippen molar-refractivity contribution in [3.8, 4) is 5.75 Å². The molecule has 0 aliphatic carbocycles. The summed E-state index contributed by atoms with van der Waals surface area (Å²) in [5.41, 5.74) is 2.42. The highest BCUT2D eigenvalue weighted by molar-refractivity contribution is 6.34. The Kier molecular flexibility index (Phi) is 6.29. The van der Waals surface area contributed by atoms with Crippen LogP contribution in [0.3, 0.4) is 0 Å². The lowest BCUT2D eigenvalue weighted by Gasteiger charge is -2.11. The summed E-state index contributed by atoms with van der Waals surface area (Å²) in [4.78, 5) is 23.7. The van der Waals surface area contributed by atoms with Gasteiger partial charge in [-0.2, -0.15) is 0 Å². The van der Waals surface area contributed by atoms with E-state index >= 15 is 0 Å². The number of carbonyl (C=O) groups excluding carboxylic acids is 2. The fourth-order valence-electron chi connectivity index (χ4n) is 2.53. The molecule has 142 valence electrons. The van der Waals surface area contributed by atoms with Gasteiger partial charge in [-0.1, -0.05) is 41.9 Å². The van der Waals surface area contributed by atoms with E-state index in [2.05, 4.69) is 10.6 Å². The molecule has 6 heteroatoms. The molecule has 3 aromatic rings. The Morgan fingerprint density at radius 2 is 1.64 bits per heavy atom. The number of hydrogen-bond donors (Lipinski definition) is 2. The maximum absolute atomic E-state index is 12.5. The van der Waals surface area contributed by atoms with Gasteiger partial charge in [-0.3, -0.25) is 9.59 Å². The first-order valence-corrected chi connectivity index (χ1v) is 9.04. The van der Waals surface area contributed by atoms with Crippen LogP contribution in [0.1, 0.15) is 22.8 Å². The SMILES string of the molecule is CC(=O)Nc1ccc(Cl)c(NC(=O)c2ccc(COc3ccccc3)cc2)c1. The Balaban J connectivity index is 1.64. The molecule has 0 bridgehead atoms. The Morgan fingerprint density at radius 1 is 0.929 bits per heavy atom. The van der Waals surface area contributed by atoms with E-state index in [1.54, 1.807) is 30.3 Å². The molecule has 2 N–H and O–H groups in total. The van der Waals surface area contributed by atoms with Crippen LogP contribution in [-0.2, 0) is 11.4 Å². The summed E-state index contributed by atoms with van der Waals surface area (Å²) in [6, 6.07) is 21.6. The van der Waals surface area contributed by atoms with Crippen LogP contribution in [0.2, 0.25) is 5.02 Å². The van der Waals surface area contributed by atoms with Gasteiger partial charge >= 0.3 is 0 Å². The highest BCUT2D eigenvalue weighted by Crippen LogP contribution is 2.26. The van der Waals surface area contributed by atoms with E-state index in [1.165, 1.54) is 6.92 Å². The van der Waals surface area contributed by atoms with Crippen LogP contribution in [-0.4, -0.2) is 11.8 Å². The first kappa shape index (κ1) is 19.5. The maximum atomic E-state index is 12.5. The maximum Gasteiger partial charge on any atom is 0.255 e. The molecule has 0 aromatic heterocycles. The van der Waals surface area contributed by atoms with E-state index in [1.807, 2.05) is 42.5 Å². The number of ether oxygens (including phenoxy) is 1. The molecule has 0 unspecified atom stereocenters. The van der Waals surface area contributed by atoms with Gasteiger partial charge in [-0.05, 0) is 48.0 Å². The van der Waals surface area contributed by atoms with Crippen LogP contribution < -0.4 is 15.4 Å². The average molecular weight is 395 g/mol. The monoisotopic (exact) mass is 394 g/mol. The first-order valence-electron chi connectivity index (χ1n) is 8.66. The number of anilines is 2. The number of nitrogens with one attached hydrogen (secondary N) is 2. The standard InChI is InChI=1S/C22H19ClN2O3/c1-15(26)24-18-11-12-20(23)21(13-18)25-22(27)17-9-7-16(8-10-17)14-28-19-5-3-2-4-6-19/h2-13H,14H2,1H3,(H,24,26)(H,25,27). The summed E-state index contributed by atoms with van der Waals surface area (Å²) in [6.07, 6.45) is 0. The predicted molar refractivity (Wildman–Crippen MR) is 111 cm³/mol. The van der Waals surface area contributed by atoms with E-state index in [-0.39, 0.29) is 11.8 Å². The van der Waals surface area contributed by atoms with Crippen LogP contribution in [0.25, 0.3) is 0 Å². The molecule has 28 heavy (non-hydrogen) atoms. The van der Waals surface area contributed by atoms with E-state index in [9.17, 15) is 9.59 Å². The number of rotatable bonds is 6. The third-order valence-corrected chi connectivity index (χ3v) is 4.23. The van der Waals surface area contributed by atoms with Crippen molar-refractivity contribution in [2.24, 2.45) is 0 Å². The van der Waals surface area contributed by atoms with Crippen LogP contribution >= 0.6 is 11.6 Å². The number of halogens is 1. The molecule has 0 atom stereocenters. The fourth-order valence-corrected chi connectivity index (χ4v) is 2.70. The Bertz CT molecular complexity index is 973. The number of hydrogen-bond acceptors (Lipinski definition) is 3.